The summed E-state index contributed by atoms with van der Waals surface area (Å²) in [4.78, 5) is 25.3. The van der Waals surface area contributed by atoms with E-state index in [1.165, 1.54) is 17.9 Å². The van der Waals surface area contributed by atoms with E-state index in [0.717, 1.165) is 22.3 Å². The lowest BCUT2D eigenvalue weighted by Gasteiger charge is -2.17. The molecule has 0 spiro atoms. The van der Waals surface area contributed by atoms with E-state index in [0.29, 0.717) is 10.7 Å². The molecule has 0 fully saturated rings. The average Bonchev–Trinajstić information content (AvgIpc) is 2.60. The first-order valence-electron chi connectivity index (χ1n) is 8.04. The van der Waals surface area contributed by atoms with Gasteiger partial charge in [0, 0.05) is 37.7 Å². The van der Waals surface area contributed by atoms with Crippen molar-refractivity contribution in [3.05, 3.63) is 82.9 Å². The zero-order valence-corrected chi connectivity index (χ0v) is 15.8. The molecule has 2 amide bonds. The molecule has 5 heteroatoms. The average molecular weight is 369 g/mol. The van der Waals surface area contributed by atoms with Gasteiger partial charge in [0.05, 0.1) is 5.70 Å². The molecule has 2 aromatic carbocycles. The fourth-order valence-electron chi connectivity index (χ4n) is 2.41. The third-order valence-corrected chi connectivity index (χ3v) is 4.01. The maximum absolute atomic E-state index is 12.2. The standard InChI is InChI=1S/C21H21ClN2O2/c1-14(16-9-11-17(22)12-10-16)18-7-5-6-8-19(18)20(23-15(2)25)13-21(26)24(3)4/h5-13H,1H2,2-4H3,(H,23,25)/b20-13-. The molecule has 0 saturated carbocycles. The summed E-state index contributed by atoms with van der Waals surface area (Å²) in [6.07, 6.45) is 1.41. The zero-order chi connectivity index (χ0) is 19.3. The minimum Gasteiger partial charge on any atom is -0.345 e. The summed E-state index contributed by atoms with van der Waals surface area (Å²) in [5, 5.41) is 3.39. The number of rotatable bonds is 5. The van der Waals surface area contributed by atoms with Crippen LogP contribution in [0.15, 0.2) is 61.2 Å². The van der Waals surface area contributed by atoms with Gasteiger partial charge in [0.15, 0.2) is 0 Å². The van der Waals surface area contributed by atoms with Crippen LogP contribution in [0.5, 0.6) is 0 Å². The van der Waals surface area contributed by atoms with Crippen molar-refractivity contribution in [1.29, 1.82) is 0 Å². The fourth-order valence-corrected chi connectivity index (χ4v) is 2.54. The normalized spacial score (nSPS) is 11.0. The van der Waals surface area contributed by atoms with E-state index < -0.39 is 0 Å². The van der Waals surface area contributed by atoms with Crippen LogP contribution in [-0.2, 0) is 9.59 Å². The maximum atomic E-state index is 12.2. The van der Waals surface area contributed by atoms with Crippen LogP contribution < -0.4 is 5.32 Å². The Morgan fingerprint density at radius 2 is 1.62 bits per heavy atom. The Kier molecular flexibility index (Phi) is 6.36. The van der Waals surface area contributed by atoms with Gasteiger partial charge in [0.2, 0.25) is 11.8 Å². The fraction of sp³-hybridized carbons (Fsp3) is 0.143. The van der Waals surface area contributed by atoms with Gasteiger partial charge in [-0.3, -0.25) is 9.59 Å². The molecule has 1 N–H and O–H groups in total. The summed E-state index contributed by atoms with van der Waals surface area (Å²) in [5.74, 6) is -0.477. The van der Waals surface area contributed by atoms with Crippen molar-refractivity contribution in [2.75, 3.05) is 14.1 Å². The number of likely N-dealkylation sites (N-methyl/N-ethyl adjacent to an activating group) is 1. The van der Waals surface area contributed by atoms with E-state index in [2.05, 4.69) is 11.9 Å². The Morgan fingerprint density at radius 3 is 2.15 bits per heavy atom. The van der Waals surface area contributed by atoms with E-state index >= 15 is 0 Å². The number of carbonyl (C=O) groups excluding carboxylic acids is 2. The number of nitrogens with one attached hydrogen (secondary N) is 1. The van der Waals surface area contributed by atoms with Crippen LogP contribution in [0, 0.1) is 0 Å². The van der Waals surface area contributed by atoms with Crippen LogP contribution in [0.2, 0.25) is 5.02 Å². The molecule has 26 heavy (non-hydrogen) atoms. The van der Waals surface area contributed by atoms with Crippen molar-refractivity contribution in [2.24, 2.45) is 0 Å². The number of hydrogen-bond acceptors (Lipinski definition) is 2. The van der Waals surface area contributed by atoms with E-state index in [9.17, 15) is 9.59 Å². The van der Waals surface area contributed by atoms with Crippen LogP contribution >= 0.6 is 11.6 Å². The minimum atomic E-state index is -0.255. The van der Waals surface area contributed by atoms with E-state index in [4.69, 9.17) is 11.6 Å². The lowest BCUT2D eigenvalue weighted by Crippen LogP contribution is -2.24. The second-order valence-electron chi connectivity index (χ2n) is 6.00. The van der Waals surface area contributed by atoms with Gasteiger partial charge in [-0.15, -0.1) is 0 Å². The second kappa shape index (κ2) is 8.50. The lowest BCUT2D eigenvalue weighted by atomic mass is 9.93. The Morgan fingerprint density at radius 1 is 1.04 bits per heavy atom. The monoisotopic (exact) mass is 368 g/mol. The number of nitrogens with zero attached hydrogens (tertiary/aromatic N) is 1. The minimum absolute atomic E-state index is 0.222. The van der Waals surface area contributed by atoms with Crippen molar-refractivity contribution < 1.29 is 9.59 Å². The molecule has 0 aliphatic carbocycles. The lowest BCUT2D eigenvalue weighted by molar-refractivity contribution is -0.123. The molecule has 0 aromatic heterocycles. The summed E-state index contributed by atoms with van der Waals surface area (Å²) in [6, 6.07) is 14.9. The third-order valence-electron chi connectivity index (χ3n) is 3.75. The predicted octanol–water partition coefficient (Wildman–Crippen LogP) is 3.97. The molecule has 0 saturated heterocycles. The number of amides is 2. The third kappa shape index (κ3) is 4.83. The quantitative estimate of drug-likeness (QED) is 0.812. The van der Waals surface area contributed by atoms with Crippen LogP contribution in [0.1, 0.15) is 23.6 Å². The molecule has 0 unspecified atom stereocenters. The highest BCUT2D eigenvalue weighted by Gasteiger charge is 2.14. The number of halogens is 1. The van der Waals surface area contributed by atoms with E-state index in [1.54, 1.807) is 26.2 Å². The molecule has 0 heterocycles. The Balaban J connectivity index is 2.54. The van der Waals surface area contributed by atoms with Crippen LogP contribution in [0.25, 0.3) is 11.3 Å². The van der Waals surface area contributed by atoms with Gasteiger partial charge in [0.25, 0.3) is 0 Å². The highest BCUT2D eigenvalue weighted by molar-refractivity contribution is 6.30. The van der Waals surface area contributed by atoms with Crippen molar-refractivity contribution in [3.8, 4) is 0 Å². The smallest absolute Gasteiger partial charge is 0.248 e. The van der Waals surface area contributed by atoms with Gasteiger partial charge in [-0.2, -0.15) is 0 Å². The molecule has 0 atom stereocenters. The van der Waals surface area contributed by atoms with Crippen molar-refractivity contribution in [2.45, 2.75) is 6.92 Å². The summed E-state index contributed by atoms with van der Waals surface area (Å²) in [5.41, 5.74) is 3.65. The van der Waals surface area contributed by atoms with Crippen molar-refractivity contribution in [3.63, 3.8) is 0 Å². The number of carbonyl (C=O) groups is 2. The molecule has 0 bridgehead atoms. The van der Waals surface area contributed by atoms with E-state index in [-0.39, 0.29) is 11.8 Å². The Bertz CT molecular complexity index is 868. The molecule has 0 aliphatic heterocycles. The van der Waals surface area contributed by atoms with Crippen LogP contribution in [-0.4, -0.2) is 30.8 Å². The highest BCUT2D eigenvalue weighted by Crippen LogP contribution is 2.29. The zero-order valence-electron chi connectivity index (χ0n) is 15.0. The summed E-state index contributed by atoms with van der Waals surface area (Å²) in [6.45, 7) is 5.59. The molecule has 2 aromatic rings. The molecule has 0 aliphatic rings. The molecule has 0 radical (unpaired) electrons. The van der Waals surface area contributed by atoms with Gasteiger partial charge in [-0.25, -0.2) is 0 Å². The molecule has 2 rings (SSSR count). The van der Waals surface area contributed by atoms with Crippen molar-refractivity contribution in [1.82, 2.24) is 10.2 Å². The van der Waals surface area contributed by atoms with Crippen LogP contribution in [0.4, 0.5) is 0 Å². The van der Waals surface area contributed by atoms with E-state index in [1.807, 2.05) is 36.4 Å². The first kappa shape index (κ1) is 19.5. The highest BCUT2D eigenvalue weighted by atomic mass is 35.5. The summed E-state index contributed by atoms with van der Waals surface area (Å²) in [7, 11) is 3.31. The molecule has 4 nitrogen and oxygen atoms in total. The van der Waals surface area contributed by atoms with Crippen molar-refractivity contribution >= 4 is 34.7 Å². The molecular weight excluding hydrogens is 348 g/mol. The Hall–Kier alpha value is -2.85. The summed E-state index contributed by atoms with van der Waals surface area (Å²) >= 11 is 5.96. The number of hydrogen-bond donors (Lipinski definition) is 1. The first-order valence-corrected chi connectivity index (χ1v) is 8.42. The molecular formula is C21H21ClN2O2. The van der Waals surface area contributed by atoms with Crippen LogP contribution in [0.3, 0.4) is 0 Å². The largest absolute Gasteiger partial charge is 0.345 e. The van der Waals surface area contributed by atoms with Gasteiger partial charge < -0.3 is 10.2 Å². The topological polar surface area (TPSA) is 49.4 Å². The van der Waals surface area contributed by atoms with Gasteiger partial charge in [-0.05, 0) is 28.8 Å². The Labute approximate surface area is 158 Å². The molecule has 134 valence electrons. The first-order chi connectivity index (χ1) is 12.3. The maximum Gasteiger partial charge on any atom is 0.248 e. The van der Waals surface area contributed by atoms with Gasteiger partial charge in [-0.1, -0.05) is 54.6 Å². The second-order valence-corrected chi connectivity index (χ2v) is 6.44. The van der Waals surface area contributed by atoms with Gasteiger partial charge in [0.1, 0.15) is 0 Å². The predicted molar refractivity (Wildman–Crippen MR) is 107 cm³/mol. The van der Waals surface area contributed by atoms with Gasteiger partial charge >= 0.3 is 0 Å². The summed E-state index contributed by atoms with van der Waals surface area (Å²) < 4.78 is 0. The number of benzene rings is 2. The SMILES string of the molecule is C=C(c1ccc(Cl)cc1)c1ccccc1/C(=C/C(=O)N(C)C)NC(C)=O.